The van der Waals surface area contributed by atoms with E-state index in [2.05, 4.69) is 0 Å². The Bertz CT molecular complexity index is 530. The topological polar surface area (TPSA) is 72.8 Å². The van der Waals surface area contributed by atoms with Crippen molar-refractivity contribution in [3.63, 3.8) is 0 Å². The Balaban J connectivity index is 1.82. The molecule has 2 fully saturated rings. The van der Waals surface area contributed by atoms with Crippen LogP contribution in [0.3, 0.4) is 0 Å². The van der Waals surface area contributed by atoms with Gasteiger partial charge in [0.15, 0.2) is 5.78 Å². The number of rotatable bonds is 3. The summed E-state index contributed by atoms with van der Waals surface area (Å²) >= 11 is 1.38. The van der Waals surface area contributed by atoms with Gasteiger partial charge in [0.25, 0.3) is 0 Å². The van der Waals surface area contributed by atoms with Gasteiger partial charge >= 0.3 is 5.97 Å². The summed E-state index contributed by atoms with van der Waals surface area (Å²) in [6.45, 7) is 0.392. The number of ketones is 1. The zero-order chi connectivity index (χ0) is 13.4. The highest BCUT2D eigenvalue weighted by Crippen LogP contribution is 2.37. The number of carbonyl (C=O) groups excluding carboxylic acids is 1. The summed E-state index contributed by atoms with van der Waals surface area (Å²) in [6, 6.07) is 6.78. The van der Waals surface area contributed by atoms with Gasteiger partial charge in [-0.3, -0.25) is 4.79 Å². The van der Waals surface area contributed by atoms with E-state index < -0.39 is 12.3 Å². The number of thioether (sulfide) groups is 1. The molecule has 1 aromatic rings. The summed E-state index contributed by atoms with van der Waals surface area (Å²) in [5.41, 5.74) is 0.251. The fourth-order valence-electron chi connectivity index (χ4n) is 2.24. The molecule has 0 unspecified atom stereocenters. The third-order valence-corrected chi connectivity index (χ3v) is 4.57. The lowest BCUT2D eigenvalue weighted by atomic mass is 10.1. The fraction of sp³-hybridized carbons (Fsp3) is 0.385. The number of benzene rings is 1. The van der Waals surface area contributed by atoms with Gasteiger partial charge in [-0.25, -0.2) is 4.79 Å². The van der Waals surface area contributed by atoms with E-state index in [0.29, 0.717) is 17.9 Å². The number of ether oxygens (including phenoxy) is 2. The van der Waals surface area contributed by atoms with Crippen molar-refractivity contribution in [3.05, 3.63) is 29.8 Å². The molecule has 2 aliphatic heterocycles. The first-order chi connectivity index (χ1) is 9.15. The van der Waals surface area contributed by atoms with Gasteiger partial charge < -0.3 is 14.6 Å². The van der Waals surface area contributed by atoms with Gasteiger partial charge in [0.2, 0.25) is 6.29 Å². The van der Waals surface area contributed by atoms with Crippen LogP contribution in [0, 0.1) is 0 Å². The molecule has 2 bridgehead atoms. The molecule has 19 heavy (non-hydrogen) atoms. The van der Waals surface area contributed by atoms with E-state index in [1.165, 1.54) is 11.8 Å². The average molecular weight is 280 g/mol. The van der Waals surface area contributed by atoms with Crippen LogP contribution in [-0.2, 0) is 14.3 Å². The van der Waals surface area contributed by atoms with Gasteiger partial charge in [-0.2, -0.15) is 0 Å². The first kappa shape index (κ1) is 12.7. The highest BCUT2D eigenvalue weighted by atomic mass is 32.2. The number of Topliss-reactive ketones (excluding diaryl/α,β-unsaturated/α-hetero) is 1. The summed E-state index contributed by atoms with van der Waals surface area (Å²) < 4.78 is 10.7. The largest absolute Gasteiger partial charge is 0.478 e. The summed E-state index contributed by atoms with van der Waals surface area (Å²) in [7, 11) is 0. The minimum Gasteiger partial charge on any atom is -0.478 e. The molecular formula is C13H12O5S. The number of hydrogen-bond acceptors (Lipinski definition) is 5. The standard InChI is InChI=1S/C13H12O5S/c14-8-5-11(9-6-17-13(8)18-9)19-10-4-2-1-3-7(10)12(15)16/h1-4,9,11,13H,5-6H2,(H,15,16)/t9-,11-,13-/m1/s1. The van der Waals surface area contributed by atoms with Crippen LogP contribution in [0.4, 0.5) is 0 Å². The van der Waals surface area contributed by atoms with Gasteiger partial charge in [0, 0.05) is 16.6 Å². The van der Waals surface area contributed by atoms with Crippen molar-refractivity contribution in [1.29, 1.82) is 0 Å². The molecular weight excluding hydrogens is 268 g/mol. The van der Waals surface area contributed by atoms with E-state index in [1.807, 2.05) is 0 Å². The number of carboxylic acids is 1. The zero-order valence-corrected chi connectivity index (χ0v) is 10.8. The number of aromatic carboxylic acids is 1. The summed E-state index contributed by atoms with van der Waals surface area (Å²) in [4.78, 5) is 23.5. The molecule has 1 aromatic carbocycles. The van der Waals surface area contributed by atoms with E-state index >= 15 is 0 Å². The Morgan fingerprint density at radius 3 is 2.95 bits per heavy atom. The second-order valence-corrected chi connectivity index (χ2v) is 5.75. The molecule has 6 heteroatoms. The van der Waals surface area contributed by atoms with Gasteiger partial charge in [-0.1, -0.05) is 12.1 Å². The summed E-state index contributed by atoms with van der Waals surface area (Å²) in [5, 5.41) is 9.05. The average Bonchev–Trinajstić information content (AvgIpc) is 2.82. The molecule has 0 saturated carbocycles. The fourth-order valence-corrected chi connectivity index (χ4v) is 3.54. The van der Waals surface area contributed by atoms with E-state index in [9.17, 15) is 9.59 Å². The van der Waals surface area contributed by atoms with Crippen LogP contribution in [-0.4, -0.2) is 41.1 Å². The van der Waals surface area contributed by atoms with Crippen molar-refractivity contribution >= 4 is 23.5 Å². The maximum Gasteiger partial charge on any atom is 0.336 e. The van der Waals surface area contributed by atoms with Crippen molar-refractivity contribution in [3.8, 4) is 0 Å². The van der Waals surface area contributed by atoms with Crippen LogP contribution < -0.4 is 0 Å². The van der Waals surface area contributed by atoms with Crippen molar-refractivity contribution in [2.75, 3.05) is 6.61 Å². The van der Waals surface area contributed by atoms with Crippen LogP contribution >= 0.6 is 11.8 Å². The maximum atomic E-state index is 11.7. The van der Waals surface area contributed by atoms with Crippen molar-refractivity contribution in [2.24, 2.45) is 0 Å². The van der Waals surface area contributed by atoms with Gasteiger partial charge in [0.1, 0.15) is 0 Å². The Labute approximate surface area is 113 Å². The van der Waals surface area contributed by atoms with Crippen LogP contribution in [0.15, 0.2) is 29.2 Å². The Morgan fingerprint density at radius 1 is 1.37 bits per heavy atom. The van der Waals surface area contributed by atoms with Crippen LogP contribution in [0.1, 0.15) is 16.8 Å². The summed E-state index contributed by atoms with van der Waals surface area (Å²) in [6.07, 6.45) is -0.500. The molecule has 0 aromatic heterocycles. The van der Waals surface area contributed by atoms with E-state index in [-0.39, 0.29) is 22.7 Å². The van der Waals surface area contributed by atoms with Crippen LogP contribution in [0.2, 0.25) is 0 Å². The van der Waals surface area contributed by atoms with Crippen molar-refractivity contribution in [1.82, 2.24) is 0 Å². The zero-order valence-electron chi connectivity index (χ0n) is 9.94. The molecule has 0 spiro atoms. The van der Waals surface area contributed by atoms with Crippen molar-refractivity contribution in [2.45, 2.75) is 29.0 Å². The van der Waals surface area contributed by atoms with Crippen LogP contribution in [0.25, 0.3) is 0 Å². The minimum atomic E-state index is -0.966. The number of carbonyl (C=O) groups is 2. The van der Waals surface area contributed by atoms with Gasteiger partial charge in [-0.05, 0) is 12.1 Å². The van der Waals surface area contributed by atoms with Crippen LogP contribution in [0.5, 0.6) is 0 Å². The molecule has 2 heterocycles. The Kier molecular flexibility index (Phi) is 3.30. The second-order valence-electron chi connectivity index (χ2n) is 4.47. The first-order valence-electron chi connectivity index (χ1n) is 5.94. The van der Waals surface area contributed by atoms with Gasteiger partial charge in [0.05, 0.1) is 18.3 Å². The smallest absolute Gasteiger partial charge is 0.336 e. The predicted octanol–water partition coefficient (Wildman–Crippen LogP) is 1.56. The molecule has 0 amide bonds. The Hall–Kier alpha value is -1.37. The monoisotopic (exact) mass is 280 g/mol. The number of carboxylic acid groups (broad SMARTS) is 1. The molecule has 3 atom stereocenters. The SMILES string of the molecule is O=C(O)c1ccccc1S[C@@H]1CC(=O)[C@@H]2OC[C@H]1O2. The van der Waals surface area contributed by atoms with Gasteiger partial charge in [-0.15, -0.1) is 11.8 Å². The molecule has 100 valence electrons. The highest BCUT2D eigenvalue weighted by molar-refractivity contribution is 8.00. The predicted molar refractivity (Wildman–Crippen MR) is 67.3 cm³/mol. The normalized spacial score (nSPS) is 29.5. The van der Waals surface area contributed by atoms with E-state index in [1.54, 1.807) is 24.3 Å². The lowest BCUT2D eigenvalue weighted by molar-refractivity contribution is -0.151. The molecule has 5 nitrogen and oxygen atoms in total. The third-order valence-electron chi connectivity index (χ3n) is 3.19. The molecule has 0 radical (unpaired) electrons. The maximum absolute atomic E-state index is 11.7. The van der Waals surface area contributed by atoms with E-state index in [4.69, 9.17) is 14.6 Å². The minimum absolute atomic E-state index is 0.0703. The number of hydrogen-bond donors (Lipinski definition) is 1. The second kappa shape index (κ2) is 4.96. The molecule has 2 aliphatic rings. The van der Waals surface area contributed by atoms with Crippen molar-refractivity contribution < 1.29 is 24.2 Å². The lowest BCUT2D eigenvalue weighted by Crippen LogP contribution is -2.37. The lowest BCUT2D eigenvalue weighted by Gasteiger charge is -2.26. The number of fused-ring (bicyclic) bond motifs is 2. The van der Waals surface area contributed by atoms with E-state index in [0.717, 1.165) is 0 Å². The molecule has 0 aliphatic carbocycles. The Morgan fingerprint density at radius 2 is 2.16 bits per heavy atom. The first-order valence-corrected chi connectivity index (χ1v) is 6.82. The summed E-state index contributed by atoms with van der Waals surface area (Å²) in [5.74, 6) is -1.04. The molecule has 1 N–H and O–H groups in total. The highest BCUT2D eigenvalue weighted by Gasteiger charge is 2.43. The molecule has 3 rings (SSSR count). The quantitative estimate of drug-likeness (QED) is 0.906. The third kappa shape index (κ3) is 2.39. The molecule has 2 saturated heterocycles.